The molecular weight excluding hydrogens is 534 g/mol. The van der Waals surface area contributed by atoms with Gasteiger partial charge in [0.05, 0.1) is 30.7 Å². The second-order valence-electron chi connectivity index (χ2n) is 12.7. The van der Waals surface area contributed by atoms with E-state index >= 15 is 0 Å². The van der Waals surface area contributed by atoms with E-state index in [1.165, 1.54) is 11.8 Å². The summed E-state index contributed by atoms with van der Waals surface area (Å²) in [5.74, 6) is -0.0271. The molecule has 1 aromatic carbocycles. The van der Waals surface area contributed by atoms with E-state index in [1.54, 1.807) is 19.2 Å². The first-order chi connectivity index (χ1) is 20.1. The van der Waals surface area contributed by atoms with Crippen LogP contribution in [0.5, 0.6) is 0 Å². The lowest BCUT2D eigenvalue weighted by Crippen LogP contribution is -2.54. The Balaban J connectivity index is 1.77. The Hall–Kier alpha value is -2.33. The van der Waals surface area contributed by atoms with Crippen LogP contribution >= 0.6 is 0 Å². The second-order valence-corrected chi connectivity index (χ2v) is 12.7. The molecule has 0 radical (unpaired) electrons. The van der Waals surface area contributed by atoms with Crippen molar-refractivity contribution in [2.24, 2.45) is 5.41 Å². The summed E-state index contributed by atoms with van der Waals surface area (Å²) < 4.78 is 10.8. The number of allylic oxidation sites excluding steroid dienone is 2. The van der Waals surface area contributed by atoms with Crippen LogP contribution in [0.1, 0.15) is 92.0 Å². The third-order valence-electron chi connectivity index (χ3n) is 9.65. The van der Waals surface area contributed by atoms with Gasteiger partial charge in [-0.05, 0) is 93.5 Å². The highest BCUT2D eigenvalue weighted by molar-refractivity contribution is 6.08. The quantitative estimate of drug-likeness (QED) is 0.176. The lowest BCUT2D eigenvalue weighted by atomic mass is 9.64. The van der Waals surface area contributed by atoms with Crippen LogP contribution in [0.3, 0.4) is 0 Å². The molecule has 1 saturated carbocycles. The van der Waals surface area contributed by atoms with Crippen LogP contribution in [-0.4, -0.2) is 88.9 Å². The first kappa shape index (κ1) is 32.6. The van der Waals surface area contributed by atoms with Gasteiger partial charge in [-0.25, -0.2) is 0 Å². The SMILES string of the molecule is COCCCN(C[C@H](O)CO)C[C@]1(O)CC[C@H]2c3ccc(cc3C(=O)c3ccco3)C[C@@H](O)CCC(C)=CCC[C@@]21C. The van der Waals surface area contributed by atoms with Crippen molar-refractivity contribution < 1.29 is 34.4 Å². The highest BCUT2D eigenvalue weighted by Gasteiger charge is 2.57. The van der Waals surface area contributed by atoms with Crippen molar-refractivity contribution in [1.82, 2.24) is 4.90 Å². The van der Waals surface area contributed by atoms with Crippen LogP contribution in [-0.2, 0) is 11.2 Å². The molecule has 0 saturated heterocycles. The minimum absolute atomic E-state index is 0.101. The Labute approximate surface area is 250 Å². The van der Waals surface area contributed by atoms with Gasteiger partial charge in [-0.15, -0.1) is 0 Å². The Morgan fingerprint density at radius 2 is 2.05 bits per heavy atom. The Morgan fingerprint density at radius 1 is 1.24 bits per heavy atom. The first-order valence-electron chi connectivity index (χ1n) is 15.4. The number of fused-ring (bicyclic) bond motifs is 8. The second kappa shape index (κ2) is 14.4. The highest BCUT2D eigenvalue weighted by Crippen LogP contribution is 2.58. The predicted molar refractivity (Wildman–Crippen MR) is 162 cm³/mol. The van der Waals surface area contributed by atoms with Crippen LogP contribution in [0.15, 0.2) is 52.7 Å². The lowest BCUT2D eigenvalue weighted by Gasteiger charge is -2.46. The third kappa shape index (κ3) is 7.41. The number of aliphatic hydroxyl groups is 4. The molecule has 8 heteroatoms. The lowest BCUT2D eigenvalue weighted by molar-refractivity contribution is -0.0898. The van der Waals surface area contributed by atoms with E-state index in [0.717, 1.165) is 30.4 Å². The number of nitrogens with zero attached hydrogens (tertiary/aromatic N) is 1. The molecule has 1 fully saturated rings. The minimum Gasteiger partial charge on any atom is -0.461 e. The standard InChI is InChI=1S/C34H49NO7/c1-24-7-4-14-33(2)30(13-15-34(33,40)23-35(16-6-17-41-3)21-27(38)22-36)28-12-10-25(19-26(37)11-9-24)20-29(28)32(39)31-8-5-18-42-31/h5,7-8,10,12,18,20,26-27,30,36-38,40H,4,6,9,11,13-17,19,21-23H2,1-3H3/t26-,27-,30-,33-,34+/m0/s1. The van der Waals surface area contributed by atoms with Gasteiger partial charge < -0.3 is 29.6 Å². The molecule has 5 atom stereocenters. The normalized spacial score (nSPS) is 27.5. The van der Waals surface area contributed by atoms with E-state index < -0.39 is 23.2 Å². The maximum absolute atomic E-state index is 13.8. The van der Waals surface area contributed by atoms with E-state index in [-0.39, 0.29) is 30.6 Å². The summed E-state index contributed by atoms with van der Waals surface area (Å²) in [5, 5.41) is 43.2. The average molecular weight is 584 g/mol. The molecule has 0 unspecified atom stereocenters. The molecule has 42 heavy (non-hydrogen) atoms. The van der Waals surface area contributed by atoms with Gasteiger partial charge in [0.15, 0.2) is 5.76 Å². The zero-order valence-electron chi connectivity index (χ0n) is 25.4. The van der Waals surface area contributed by atoms with Crippen molar-refractivity contribution in [3.63, 3.8) is 0 Å². The summed E-state index contributed by atoms with van der Waals surface area (Å²) in [6.07, 6.45) is 7.65. The molecule has 5 rings (SSSR count). The summed E-state index contributed by atoms with van der Waals surface area (Å²) >= 11 is 0. The summed E-state index contributed by atoms with van der Waals surface area (Å²) in [6.45, 7) is 5.67. The number of benzene rings is 1. The van der Waals surface area contributed by atoms with Crippen LogP contribution in [0.25, 0.3) is 0 Å². The molecule has 3 aliphatic carbocycles. The largest absolute Gasteiger partial charge is 0.461 e. The number of carbonyl (C=O) groups is 1. The van der Waals surface area contributed by atoms with Gasteiger partial charge >= 0.3 is 0 Å². The maximum atomic E-state index is 13.8. The summed E-state index contributed by atoms with van der Waals surface area (Å²) in [7, 11) is 1.65. The fourth-order valence-electron chi connectivity index (χ4n) is 7.13. The van der Waals surface area contributed by atoms with Gasteiger partial charge in [0, 0.05) is 44.3 Å². The molecular formula is C34H49NO7. The summed E-state index contributed by atoms with van der Waals surface area (Å²) in [4.78, 5) is 15.9. The van der Waals surface area contributed by atoms with Crippen LogP contribution in [0.4, 0.5) is 0 Å². The van der Waals surface area contributed by atoms with Crippen molar-refractivity contribution in [3.05, 3.63) is 70.7 Å². The molecule has 0 aliphatic heterocycles. The monoisotopic (exact) mass is 583 g/mol. The molecule has 4 N–H and O–H groups in total. The van der Waals surface area contributed by atoms with Gasteiger partial charge in [-0.1, -0.05) is 30.7 Å². The van der Waals surface area contributed by atoms with E-state index in [4.69, 9.17) is 9.15 Å². The third-order valence-corrected chi connectivity index (χ3v) is 9.65. The Morgan fingerprint density at radius 3 is 2.76 bits per heavy atom. The molecule has 1 aromatic heterocycles. The molecule has 1 heterocycles. The van der Waals surface area contributed by atoms with Crippen molar-refractivity contribution in [1.29, 1.82) is 0 Å². The van der Waals surface area contributed by atoms with Crippen LogP contribution in [0, 0.1) is 5.41 Å². The minimum atomic E-state index is -1.10. The number of methoxy groups -OCH3 is 1. The maximum Gasteiger partial charge on any atom is 0.228 e. The fraction of sp³-hybridized carbons (Fsp3) is 0.618. The number of hydrogen-bond acceptors (Lipinski definition) is 8. The topological polar surface area (TPSA) is 124 Å². The average Bonchev–Trinajstić information content (AvgIpc) is 3.58. The van der Waals surface area contributed by atoms with Crippen molar-refractivity contribution >= 4 is 5.78 Å². The number of rotatable bonds is 11. The number of aliphatic hydroxyl groups excluding tert-OH is 3. The Bertz CT molecular complexity index is 1190. The number of carbonyl (C=O) groups excluding carboxylic acids is 1. The predicted octanol–water partition coefficient (Wildman–Crippen LogP) is 4.24. The van der Waals surface area contributed by atoms with Gasteiger partial charge in [0.2, 0.25) is 5.78 Å². The van der Waals surface area contributed by atoms with Crippen molar-refractivity contribution in [2.75, 3.05) is 40.0 Å². The molecule has 0 spiro atoms. The van der Waals surface area contributed by atoms with Crippen molar-refractivity contribution in [3.8, 4) is 0 Å². The first-order valence-corrected chi connectivity index (χ1v) is 15.4. The van der Waals surface area contributed by atoms with Gasteiger partial charge in [-0.3, -0.25) is 9.69 Å². The number of furan rings is 1. The molecule has 3 aliphatic rings. The Kier molecular flexibility index (Phi) is 11.2. The van der Waals surface area contributed by atoms with E-state index in [2.05, 4.69) is 19.9 Å². The van der Waals surface area contributed by atoms with Crippen LogP contribution in [0.2, 0.25) is 0 Å². The van der Waals surface area contributed by atoms with Crippen molar-refractivity contribution in [2.45, 2.75) is 88.9 Å². The van der Waals surface area contributed by atoms with Gasteiger partial charge in [0.25, 0.3) is 0 Å². The van der Waals surface area contributed by atoms with Crippen LogP contribution < -0.4 is 0 Å². The summed E-state index contributed by atoms with van der Waals surface area (Å²) in [5.41, 5.74) is 1.90. The van der Waals surface area contributed by atoms with E-state index in [0.29, 0.717) is 57.4 Å². The molecule has 2 aromatic rings. The highest BCUT2D eigenvalue weighted by atomic mass is 16.5. The molecule has 8 nitrogen and oxygen atoms in total. The molecule has 2 bridgehead atoms. The molecule has 232 valence electrons. The number of hydrogen-bond donors (Lipinski definition) is 4. The molecule has 0 amide bonds. The van der Waals surface area contributed by atoms with E-state index in [1.807, 2.05) is 23.1 Å². The van der Waals surface area contributed by atoms with E-state index in [9.17, 15) is 25.2 Å². The zero-order valence-corrected chi connectivity index (χ0v) is 25.4. The zero-order chi connectivity index (χ0) is 30.3. The smallest absolute Gasteiger partial charge is 0.228 e. The number of ether oxygens (including phenoxy) is 1. The van der Waals surface area contributed by atoms with Gasteiger partial charge in [-0.2, -0.15) is 0 Å². The fourth-order valence-corrected chi connectivity index (χ4v) is 7.13. The number of ketones is 1. The van der Waals surface area contributed by atoms with Gasteiger partial charge in [0.1, 0.15) is 0 Å². The summed E-state index contributed by atoms with van der Waals surface area (Å²) in [6, 6.07) is 9.32.